The highest BCUT2D eigenvalue weighted by molar-refractivity contribution is 7.14. The molecule has 1 aromatic heterocycles. The molecule has 0 atom stereocenters. The lowest BCUT2D eigenvalue weighted by molar-refractivity contribution is -0.122. The van der Waals surface area contributed by atoms with Crippen LogP contribution in [0.1, 0.15) is 63.4 Å². The molecular formula is C28H40N2O4S. The third-order valence-corrected chi connectivity index (χ3v) is 7.37. The van der Waals surface area contributed by atoms with Crippen LogP contribution in [0.15, 0.2) is 23.7 Å². The fourth-order valence-corrected chi connectivity index (χ4v) is 5.37. The number of nitrogens with zero attached hydrogens (tertiary/aromatic N) is 1. The SMILES string of the molecule is C=C(OC(=NC)c1sc(C)c(CC(C)C)c1C)c1cc(C)c(CCC(=O)NC(CO)CO)c(C)c1. The van der Waals surface area contributed by atoms with Gasteiger partial charge in [-0.25, -0.2) is 0 Å². The summed E-state index contributed by atoms with van der Waals surface area (Å²) >= 11 is 1.71. The summed E-state index contributed by atoms with van der Waals surface area (Å²) in [4.78, 5) is 18.9. The van der Waals surface area contributed by atoms with E-state index >= 15 is 0 Å². The number of aliphatic hydroxyl groups excluding tert-OH is 2. The maximum absolute atomic E-state index is 12.2. The summed E-state index contributed by atoms with van der Waals surface area (Å²) < 4.78 is 6.20. The van der Waals surface area contributed by atoms with Gasteiger partial charge < -0.3 is 20.3 Å². The molecular weight excluding hydrogens is 460 g/mol. The van der Waals surface area contributed by atoms with Gasteiger partial charge in [0.25, 0.3) is 0 Å². The minimum Gasteiger partial charge on any atom is -0.438 e. The lowest BCUT2D eigenvalue weighted by atomic mass is 9.95. The first kappa shape index (κ1) is 28.8. The third-order valence-electron chi connectivity index (χ3n) is 6.13. The van der Waals surface area contributed by atoms with Gasteiger partial charge in [-0.05, 0) is 86.4 Å². The molecule has 0 saturated carbocycles. The first-order valence-corrected chi connectivity index (χ1v) is 12.9. The predicted octanol–water partition coefficient (Wildman–Crippen LogP) is 4.65. The summed E-state index contributed by atoms with van der Waals surface area (Å²) in [5.74, 6) is 1.49. The standard InChI is InChI=1S/C28H40N2O4S/c1-16(2)11-25-19(5)27(35-21(25)7)28(29-8)34-20(6)22-12-17(3)24(18(4)13-22)9-10-26(33)30-23(14-31)15-32/h12-13,16,23,31-32H,6,9-11,14-15H2,1-5,7-8H3,(H,30,33). The van der Waals surface area contributed by atoms with E-state index in [0.29, 0.717) is 24.0 Å². The fraction of sp³-hybridized carbons (Fsp3) is 0.500. The molecule has 0 radical (unpaired) electrons. The molecule has 2 rings (SSSR count). The molecule has 1 aromatic carbocycles. The zero-order valence-electron chi connectivity index (χ0n) is 22.1. The molecule has 3 N–H and O–H groups in total. The van der Waals surface area contributed by atoms with E-state index in [1.54, 1.807) is 18.4 Å². The number of benzene rings is 1. The first-order chi connectivity index (χ1) is 16.5. The highest BCUT2D eigenvalue weighted by Gasteiger charge is 2.20. The number of carbonyl (C=O) groups is 1. The normalized spacial score (nSPS) is 11.9. The summed E-state index contributed by atoms with van der Waals surface area (Å²) in [6.07, 6.45) is 1.87. The van der Waals surface area contributed by atoms with Crippen molar-refractivity contribution in [2.45, 2.75) is 66.8 Å². The van der Waals surface area contributed by atoms with Crippen LogP contribution in [0.3, 0.4) is 0 Å². The van der Waals surface area contributed by atoms with Crippen LogP contribution >= 0.6 is 11.3 Å². The van der Waals surface area contributed by atoms with E-state index < -0.39 is 6.04 Å². The van der Waals surface area contributed by atoms with Gasteiger partial charge in [0.05, 0.1) is 24.1 Å². The molecule has 7 heteroatoms. The molecule has 0 saturated heterocycles. The number of carbonyl (C=O) groups excluding carboxylic acids is 1. The van der Waals surface area contributed by atoms with Crippen molar-refractivity contribution in [3.05, 3.63) is 61.8 Å². The summed E-state index contributed by atoms with van der Waals surface area (Å²) in [7, 11) is 1.74. The number of nitrogens with one attached hydrogen (secondary N) is 1. The van der Waals surface area contributed by atoms with Crippen molar-refractivity contribution in [2.75, 3.05) is 20.3 Å². The zero-order valence-corrected chi connectivity index (χ0v) is 22.9. The van der Waals surface area contributed by atoms with Crippen LogP contribution < -0.4 is 5.32 Å². The van der Waals surface area contributed by atoms with Gasteiger partial charge in [0, 0.05) is 23.9 Å². The van der Waals surface area contributed by atoms with Crippen LogP contribution in [0.5, 0.6) is 0 Å². The summed E-state index contributed by atoms with van der Waals surface area (Å²) in [5.41, 5.74) is 6.67. The largest absolute Gasteiger partial charge is 0.438 e. The molecule has 6 nitrogen and oxygen atoms in total. The molecule has 0 bridgehead atoms. The Balaban J connectivity index is 2.16. The maximum atomic E-state index is 12.2. The molecule has 0 aliphatic heterocycles. The average Bonchev–Trinajstić information content (AvgIpc) is 3.07. The van der Waals surface area contributed by atoms with Gasteiger partial charge in [-0.15, -0.1) is 11.3 Å². The van der Waals surface area contributed by atoms with Crippen molar-refractivity contribution in [1.29, 1.82) is 0 Å². The van der Waals surface area contributed by atoms with Crippen LogP contribution in [-0.4, -0.2) is 48.3 Å². The number of rotatable bonds is 11. The van der Waals surface area contributed by atoms with E-state index in [0.717, 1.165) is 33.6 Å². The number of ether oxygens (including phenoxy) is 1. The molecule has 35 heavy (non-hydrogen) atoms. The Morgan fingerprint density at radius 1 is 1.11 bits per heavy atom. The number of thiophene rings is 1. The fourth-order valence-electron chi connectivity index (χ4n) is 4.21. The topological polar surface area (TPSA) is 91.2 Å². The second-order valence-electron chi connectivity index (χ2n) is 9.46. The smallest absolute Gasteiger partial charge is 0.232 e. The van der Waals surface area contributed by atoms with Crippen LogP contribution in [0.4, 0.5) is 0 Å². The van der Waals surface area contributed by atoms with Gasteiger partial charge in [0.1, 0.15) is 5.76 Å². The van der Waals surface area contributed by atoms with Crippen molar-refractivity contribution in [3.8, 4) is 0 Å². The molecule has 0 aliphatic carbocycles. The minimum absolute atomic E-state index is 0.198. The van der Waals surface area contributed by atoms with E-state index in [1.807, 2.05) is 26.0 Å². The molecule has 0 spiro atoms. The average molecular weight is 501 g/mol. The zero-order chi connectivity index (χ0) is 26.3. The number of aliphatic hydroxyl groups is 2. The molecule has 1 amide bonds. The van der Waals surface area contributed by atoms with Gasteiger partial charge in [-0.1, -0.05) is 20.4 Å². The Kier molecular flexibility index (Phi) is 10.7. The predicted molar refractivity (Wildman–Crippen MR) is 145 cm³/mol. The van der Waals surface area contributed by atoms with Crippen molar-refractivity contribution in [2.24, 2.45) is 10.9 Å². The van der Waals surface area contributed by atoms with Crippen molar-refractivity contribution >= 4 is 28.9 Å². The lowest BCUT2D eigenvalue weighted by Crippen LogP contribution is -2.40. The Morgan fingerprint density at radius 3 is 2.23 bits per heavy atom. The van der Waals surface area contributed by atoms with Crippen LogP contribution in [0.2, 0.25) is 0 Å². The Morgan fingerprint density at radius 2 is 1.71 bits per heavy atom. The highest BCUT2D eigenvalue weighted by atomic mass is 32.1. The maximum Gasteiger partial charge on any atom is 0.232 e. The van der Waals surface area contributed by atoms with E-state index in [4.69, 9.17) is 14.9 Å². The van der Waals surface area contributed by atoms with Gasteiger partial charge in [-0.3, -0.25) is 9.79 Å². The molecule has 2 aromatic rings. The van der Waals surface area contributed by atoms with E-state index in [1.165, 1.54) is 16.0 Å². The number of amides is 1. The monoisotopic (exact) mass is 500 g/mol. The molecule has 0 unspecified atom stereocenters. The Bertz CT molecular complexity index is 1060. The molecule has 1 heterocycles. The number of hydrogen-bond donors (Lipinski definition) is 3. The van der Waals surface area contributed by atoms with Crippen molar-refractivity contribution in [1.82, 2.24) is 5.32 Å². The second kappa shape index (κ2) is 13.0. The van der Waals surface area contributed by atoms with Gasteiger partial charge in [-0.2, -0.15) is 0 Å². The summed E-state index contributed by atoms with van der Waals surface area (Å²) in [6, 6.07) is 3.42. The Hall–Kier alpha value is -2.48. The number of aliphatic imine (C=N–C) groups is 1. The van der Waals surface area contributed by atoms with E-state index in [2.05, 4.69) is 44.6 Å². The summed E-state index contributed by atoms with van der Waals surface area (Å²) in [6.45, 7) is 16.4. The lowest BCUT2D eigenvalue weighted by Gasteiger charge is -2.16. The minimum atomic E-state index is -0.626. The molecule has 0 aliphatic rings. The van der Waals surface area contributed by atoms with Gasteiger partial charge in [0.15, 0.2) is 0 Å². The van der Waals surface area contributed by atoms with E-state index in [-0.39, 0.29) is 25.5 Å². The quantitative estimate of drug-likeness (QED) is 0.238. The van der Waals surface area contributed by atoms with Crippen LogP contribution in [-0.2, 0) is 22.4 Å². The first-order valence-electron chi connectivity index (χ1n) is 12.1. The van der Waals surface area contributed by atoms with Crippen molar-refractivity contribution in [3.63, 3.8) is 0 Å². The summed E-state index contributed by atoms with van der Waals surface area (Å²) in [5, 5.41) is 20.9. The van der Waals surface area contributed by atoms with Crippen molar-refractivity contribution < 1.29 is 19.7 Å². The second-order valence-corrected chi connectivity index (χ2v) is 10.7. The van der Waals surface area contributed by atoms with E-state index in [9.17, 15) is 4.79 Å². The van der Waals surface area contributed by atoms with Crippen LogP contribution in [0, 0.1) is 33.6 Å². The highest BCUT2D eigenvalue weighted by Crippen LogP contribution is 2.32. The van der Waals surface area contributed by atoms with Gasteiger partial charge >= 0.3 is 0 Å². The van der Waals surface area contributed by atoms with Crippen LogP contribution in [0.25, 0.3) is 5.76 Å². The number of hydrogen-bond acceptors (Lipinski definition) is 6. The molecule has 192 valence electrons. The third kappa shape index (κ3) is 7.50. The number of aryl methyl sites for hydroxylation is 3. The Labute approximate surface area is 213 Å². The van der Waals surface area contributed by atoms with Gasteiger partial charge in [0.2, 0.25) is 11.8 Å². The molecule has 0 fully saturated rings.